The van der Waals surface area contributed by atoms with Crippen LogP contribution in [0, 0.1) is 11.2 Å². The fourth-order valence-corrected chi connectivity index (χ4v) is 0.904. The predicted octanol–water partition coefficient (Wildman–Crippen LogP) is 2.04. The van der Waals surface area contributed by atoms with Gasteiger partial charge in [-0.1, -0.05) is 20.8 Å². The van der Waals surface area contributed by atoms with Crippen LogP contribution in [0.25, 0.3) is 0 Å². The number of anilines is 2. The van der Waals surface area contributed by atoms with Gasteiger partial charge in [-0.3, -0.25) is 0 Å². The highest BCUT2D eigenvalue weighted by atomic mass is 19.1. The van der Waals surface area contributed by atoms with Gasteiger partial charge in [0.05, 0.1) is 6.20 Å². The lowest BCUT2D eigenvalue weighted by molar-refractivity contribution is 0.357. The molecule has 0 bridgehead atoms. The molecule has 0 spiro atoms. The Morgan fingerprint density at radius 3 is 2.60 bits per heavy atom. The van der Waals surface area contributed by atoms with Gasteiger partial charge >= 0.3 is 0 Å². The Balaban J connectivity index is 2.85. The largest absolute Gasteiger partial charge is 0.368 e. The molecule has 3 N–H and O–H groups in total. The fourth-order valence-electron chi connectivity index (χ4n) is 0.904. The van der Waals surface area contributed by atoms with Crippen LogP contribution >= 0.6 is 0 Å². The van der Waals surface area contributed by atoms with Crippen molar-refractivity contribution in [1.29, 1.82) is 0 Å². The molecule has 0 amide bonds. The summed E-state index contributed by atoms with van der Waals surface area (Å²) in [6, 6.07) is 0.0845. The molecule has 15 heavy (non-hydrogen) atoms. The number of nitrogens with two attached hydrogens (primary N) is 1. The summed E-state index contributed by atoms with van der Waals surface area (Å²) < 4.78 is 13.3. The number of nitrogens with zero attached hydrogens (tertiary/aromatic N) is 2. The smallest absolute Gasteiger partial charge is 0.222 e. The standard InChI is InChI=1S/C10H17FN4/c1-6(10(2,3)4)14-8-7(11)5-13-9(12)15-8/h5-6H,1-4H3,(H3,12,13,14,15)/t6-/m1/s1. The second-order valence-electron chi connectivity index (χ2n) is 4.66. The zero-order valence-corrected chi connectivity index (χ0v) is 9.50. The lowest BCUT2D eigenvalue weighted by Gasteiger charge is -2.28. The van der Waals surface area contributed by atoms with Crippen molar-refractivity contribution in [3.05, 3.63) is 12.0 Å². The first kappa shape index (κ1) is 11.7. The van der Waals surface area contributed by atoms with Crippen LogP contribution in [0.3, 0.4) is 0 Å². The van der Waals surface area contributed by atoms with E-state index >= 15 is 0 Å². The Morgan fingerprint density at radius 1 is 1.47 bits per heavy atom. The number of halogens is 1. The van der Waals surface area contributed by atoms with Crippen LogP contribution in [0.2, 0.25) is 0 Å². The van der Waals surface area contributed by atoms with Crippen LogP contribution < -0.4 is 11.1 Å². The average molecular weight is 212 g/mol. The number of nitrogens with one attached hydrogen (secondary N) is 1. The van der Waals surface area contributed by atoms with E-state index in [0.29, 0.717) is 0 Å². The van der Waals surface area contributed by atoms with E-state index in [1.54, 1.807) is 0 Å². The molecule has 0 unspecified atom stereocenters. The van der Waals surface area contributed by atoms with Gasteiger partial charge in [-0.2, -0.15) is 4.98 Å². The first-order valence-corrected chi connectivity index (χ1v) is 4.85. The van der Waals surface area contributed by atoms with Gasteiger partial charge < -0.3 is 11.1 Å². The summed E-state index contributed by atoms with van der Waals surface area (Å²) in [7, 11) is 0. The summed E-state index contributed by atoms with van der Waals surface area (Å²) in [5.41, 5.74) is 5.40. The van der Waals surface area contributed by atoms with E-state index < -0.39 is 5.82 Å². The maximum absolute atomic E-state index is 13.3. The first-order valence-electron chi connectivity index (χ1n) is 4.85. The van der Waals surface area contributed by atoms with E-state index in [-0.39, 0.29) is 23.2 Å². The first-order chi connectivity index (χ1) is 6.80. The highest BCUT2D eigenvalue weighted by Gasteiger charge is 2.21. The average Bonchev–Trinajstić information content (AvgIpc) is 2.09. The van der Waals surface area contributed by atoms with Crippen molar-refractivity contribution < 1.29 is 4.39 Å². The van der Waals surface area contributed by atoms with Gasteiger partial charge in [0, 0.05) is 6.04 Å². The Bertz CT molecular complexity index is 346. The van der Waals surface area contributed by atoms with Gasteiger partial charge in [-0.15, -0.1) is 0 Å². The van der Waals surface area contributed by atoms with Crippen LogP contribution in [0.15, 0.2) is 6.20 Å². The molecule has 0 radical (unpaired) electrons. The second-order valence-corrected chi connectivity index (χ2v) is 4.66. The molecule has 0 aliphatic rings. The van der Waals surface area contributed by atoms with Gasteiger partial charge in [-0.25, -0.2) is 9.37 Å². The molecule has 1 rings (SSSR count). The molecule has 1 atom stereocenters. The van der Waals surface area contributed by atoms with E-state index in [2.05, 4.69) is 36.1 Å². The molecule has 1 aromatic rings. The highest BCUT2D eigenvalue weighted by Crippen LogP contribution is 2.23. The van der Waals surface area contributed by atoms with Crippen LogP contribution in [-0.4, -0.2) is 16.0 Å². The third-order valence-corrected chi connectivity index (χ3v) is 2.42. The number of hydrogen-bond acceptors (Lipinski definition) is 4. The molecule has 0 saturated carbocycles. The third kappa shape index (κ3) is 3.04. The van der Waals surface area contributed by atoms with Crippen molar-refractivity contribution in [3.8, 4) is 0 Å². The van der Waals surface area contributed by atoms with Crippen molar-refractivity contribution in [1.82, 2.24) is 9.97 Å². The highest BCUT2D eigenvalue weighted by molar-refractivity contribution is 5.40. The zero-order chi connectivity index (χ0) is 11.6. The minimum absolute atomic E-state index is 0.0200. The fraction of sp³-hybridized carbons (Fsp3) is 0.600. The Morgan fingerprint density at radius 2 is 2.07 bits per heavy atom. The van der Waals surface area contributed by atoms with Crippen molar-refractivity contribution in [2.75, 3.05) is 11.1 Å². The lowest BCUT2D eigenvalue weighted by atomic mass is 9.88. The molecule has 4 nitrogen and oxygen atoms in total. The van der Waals surface area contributed by atoms with E-state index in [9.17, 15) is 4.39 Å². The van der Waals surface area contributed by atoms with Crippen molar-refractivity contribution >= 4 is 11.8 Å². The van der Waals surface area contributed by atoms with Gasteiger partial charge in [0.25, 0.3) is 0 Å². The van der Waals surface area contributed by atoms with Crippen LogP contribution in [0.1, 0.15) is 27.7 Å². The Labute approximate surface area is 89.1 Å². The summed E-state index contributed by atoms with van der Waals surface area (Å²) in [5.74, 6) is -0.259. The monoisotopic (exact) mass is 212 g/mol. The van der Waals surface area contributed by atoms with E-state index in [4.69, 9.17) is 5.73 Å². The van der Waals surface area contributed by atoms with Crippen LogP contribution in [-0.2, 0) is 0 Å². The summed E-state index contributed by atoms with van der Waals surface area (Å²) in [6.07, 6.45) is 1.07. The molecular weight excluding hydrogens is 195 g/mol. The Kier molecular flexibility index (Phi) is 3.12. The number of hydrogen-bond donors (Lipinski definition) is 2. The summed E-state index contributed by atoms with van der Waals surface area (Å²) in [5, 5.41) is 2.98. The normalized spacial score (nSPS) is 13.7. The van der Waals surface area contributed by atoms with Crippen LogP contribution in [0.5, 0.6) is 0 Å². The van der Waals surface area contributed by atoms with Crippen molar-refractivity contribution in [2.24, 2.45) is 5.41 Å². The maximum atomic E-state index is 13.3. The minimum Gasteiger partial charge on any atom is -0.368 e. The topological polar surface area (TPSA) is 63.8 Å². The van der Waals surface area contributed by atoms with Gasteiger partial charge in [0.1, 0.15) is 0 Å². The molecule has 0 fully saturated rings. The van der Waals surface area contributed by atoms with Gasteiger partial charge in [0.15, 0.2) is 11.6 Å². The molecule has 0 aromatic carbocycles. The maximum Gasteiger partial charge on any atom is 0.222 e. The molecule has 84 valence electrons. The molecule has 1 heterocycles. The molecular formula is C10H17FN4. The number of nitrogen functional groups attached to an aromatic ring is 1. The molecule has 0 aliphatic carbocycles. The lowest BCUT2D eigenvalue weighted by Crippen LogP contribution is -2.31. The van der Waals surface area contributed by atoms with E-state index in [1.807, 2.05) is 6.92 Å². The molecule has 0 aliphatic heterocycles. The number of rotatable bonds is 2. The predicted molar refractivity (Wildman–Crippen MR) is 58.9 cm³/mol. The van der Waals surface area contributed by atoms with Gasteiger partial charge in [0.2, 0.25) is 5.95 Å². The van der Waals surface area contributed by atoms with Crippen molar-refractivity contribution in [3.63, 3.8) is 0 Å². The summed E-state index contributed by atoms with van der Waals surface area (Å²) in [4.78, 5) is 7.37. The van der Waals surface area contributed by atoms with Crippen LogP contribution in [0.4, 0.5) is 16.2 Å². The quantitative estimate of drug-likeness (QED) is 0.787. The summed E-state index contributed by atoms with van der Waals surface area (Å²) in [6.45, 7) is 8.16. The second kappa shape index (κ2) is 4.00. The zero-order valence-electron chi connectivity index (χ0n) is 9.50. The molecule has 0 saturated heterocycles. The van der Waals surface area contributed by atoms with E-state index in [1.165, 1.54) is 0 Å². The van der Waals surface area contributed by atoms with E-state index in [0.717, 1.165) is 6.20 Å². The Hall–Kier alpha value is -1.39. The molecule has 1 aromatic heterocycles. The van der Waals surface area contributed by atoms with Crippen molar-refractivity contribution in [2.45, 2.75) is 33.7 Å². The number of aromatic nitrogens is 2. The van der Waals surface area contributed by atoms with Gasteiger partial charge in [-0.05, 0) is 12.3 Å². The third-order valence-electron chi connectivity index (χ3n) is 2.42. The summed E-state index contributed by atoms with van der Waals surface area (Å²) >= 11 is 0. The molecule has 5 heteroatoms. The minimum atomic E-state index is -0.486. The SMILES string of the molecule is C[C@@H](Nc1nc(N)ncc1F)C(C)(C)C.